The summed E-state index contributed by atoms with van der Waals surface area (Å²) in [5.41, 5.74) is 7.49. The van der Waals surface area contributed by atoms with E-state index in [0.717, 1.165) is 11.9 Å². The first-order chi connectivity index (χ1) is 14.5. The van der Waals surface area contributed by atoms with Crippen molar-refractivity contribution in [1.29, 1.82) is 0 Å². The number of nitrogens with one attached hydrogen (secondary N) is 3. The van der Waals surface area contributed by atoms with Gasteiger partial charge in [-0.25, -0.2) is 12.8 Å². The minimum absolute atomic E-state index is 0.158. The van der Waals surface area contributed by atoms with Crippen LogP contribution in [-0.4, -0.2) is 31.1 Å². The van der Waals surface area contributed by atoms with Crippen LogP contribution in [0.4, 0.5) is 10.1 Å². The van der Waals surface area contributed by atoms with E-state index in [1.165, 1.54) is 36.4 Å². The fourth-order valence-electron chi connectivity index (χ4n) is 3.17. The third kappa shape index (κ3) is 5.28. The average Bonchev–Trinajstić information content (AvgIpc) is 3.00. The van der Waals surface area contributed by atoms with Crippen molar-refractivity contribution in [2.45, 2.75) is 13.8 Å². The lowest BCUT2D eigenvalue weighted by Crippen LogP contribution is -2.41. The molecule has 0 spiro atoms. The van der Waals surface area contributed by atoms with Gasteiger partial charge in [-0.05, 0) is 62.4 Å². The molecule has 0 radical (unpaired) electrons. The Kier molecular flexibility index (Phi) is 6.11. The molecule has 1 aromatic heterocycles. The summed E-state index contributed by atoms with van der Waals surface area (Å²) in [6, 6.07) is 13.4. The van der Waals surface area contributed by atoms with Gasteiger partial charge in [0, 0.05) is 28.3 Å². The number of hydrogen-bond donors (Lipinski definition) is 3. The van der Waals surface area contributed by atoms with Crippen LogP contribution in [0.3, 0.4) is 0 Å². The highest BCUT2D eigenvalue weighted by Gasteiger charge is 2.18. The Labute approximate surface area is 179 Å². The van der Waals surface area contributed by atoms with Gasteiger partial charge in [0.15, 0.2) is 0 Å². The predicted octanol–water partition coefficient (Wildman–Crippen LogP) is 2.68. The number of aryl methyl sites for hydroxylation is 1. The molecular formula is C21H21FN4O4S. The van der Waals surface area contributed by atoms with Gasteiger partial charge < -0.3 is 4.57 Å². The zero-order chi connectivity index (χ0) is 22.8. The van der Waals surface area contributed by atoms with E-state index in [0.29, 0.717) is 16.9 Å². The van der Waals surface area contributed by atoms with Gasteiger partial charge in [-0.2, -0.15) is 0 Å². The highest BCUT2D eigenvalue weighted by Crippen LogP contribution is 2.21. The summed E-state index contributed by atoms with van der Waals surface area (Å²) in [6.45, 7) is 3.55. The number of hydrazine groups is 1. The first kappa shape index (κ1) is 22.0. The van der Waals surface area contributed by atoms with Crippen molar-refractivity contribution in [3.05, 3.63) is 82.9 Å². The quantitative estimate of drug-likeness (QED) is 0.526. The number of hydrogen-bond acceptors (Lipinski definition) is 4. The Bertz CT molecular complexity index is 1250. The third-order valence-electron chi connectivity index (χ3n) is 4.48. The lowest BCUT2D eigenvalue weighted by molar-refractivity contribution is 0.0846. The largest absolute Gasteiger partial charge is 0.318 e. The van der Waals surface area contributed by atoms with Crippen molar-refractivity contribution < 1.29 is 22.4 Å². The maximum atomic E-state index is 13.2. The van der Waals surface area contributed by atoms with Crippen LogP contribution >= 0.6 is 0 Å². The number of anilines is 1. The maximum Gasteiger partial charge on any atom is 0.271 e. The van der Waals surface area contributed by atoms with E-state index in [9.17, 15) is 22.4 Å². The summed E-state index contributed by atoms with van der Waals surface area (Å²) in [7, 11) is -3.49. The van der Waals surface area contributed by atoms with Crippen LogP contribution in [0, 0.1) is 19.7 Å². The van der Waals surface area contributed by atoms with Crippen molar-refractivity contribution in [3.8, 4) is 5.69 Å². The van der Waals surface area contributed by atoms with Crippen molar-refractivity contribution in [1.82, 2.24) is 15.4 Å². The standard InChI is InChI=1S/C21H21FN4O4S/c1-13-11-19(14(2)26(13)18-9-7-16(22)8-10-18)21(28)24-23-20(27)15-5-4-6-17(12-15)25-31(3,29)30/h4-12,25H,1-3H3,(H,23,27)(H,24,28). The molecule has 0 aliphatic carbocycles. The van der Waals surface area contributed by atoms with E-state index in [2.05, 4.69) is 15.6 Å². The highest BCUT2D eigenvalue weighted by atomic mass is 32.2. The number of benzene rings is 2. The lowest BCUT2D eigenvalue weighted by Gasteiger charge is -2.11. The minimum atomic E-state index is -3.49. The molecule has 0 bridgehead atoms. The second-order valence-electron chi connectivity index (χ2n) is 6.96. The number of sulfonamides is 1. The van der Waals surface area contributed by atoms with Gasteiger partial charge in [0.25, 0.3) is 11.8 Å². The predicted molar refractivity (Wildman–Crippen MR) is 115 cm³/mol. The van der Waals surface area contributed by atoms with Crippen molar-refractivity contribution in [2.24, 2.45) is 0 Å². The van der Waals surface area contributed by atoms with E-state index in [-0.39, 0.29) is 17.1 Å². The van der Waals surface area contributed by atoms with Crippen molar-refractivity contribution in [2.75, 3.05) is 11.0 Å². The van der Waals surface area contributed by atoms with E-state index >= 15 is 0 Å². The van der Waals surface area contributed by atoms with E-state index in [1.54, 1.807) is 29.7 Å². The summed E-state index contributed by atoms with van der Waals surface area (Å²) < 4.78 is 40.0. The first-order valence-corrected chi connectivity index (χ1v) is 11.1. The molecule has 0 unspecified atom stereocenters. The van der Waals surface area contributed by atoms with Crippen molar-refractivity contribution in [3.63, 3.8) is 0 Å². The fraction of sp³-hybridized carbons (Fsp3) is 0.143. The zero-order valence-electron chi connectivity index (χ0n) is 17.1. The van der Waals surface area contributed by atoms with E-state index < -0.39 is 21.8 Å². The maximum absolute atomic E-state index is 13.2. The Morgan fingerprint density at radius 2 is 1.58 bits per heavy atom. The number of aromatic nitrogens is 1. The van der Waals surface area contributed by atoms with Crippen molar-refractivity contribution >= 4 is 27.5 Å². The van der Waals surface area contributed by atoms with E-state index in [4.69, 9.17) is 0 Å². The van der Waals surface area contributed by atoms with Crippen LogP contribution < -0.4 is 15.6 Å². The molecule has 31 heavy (non-hydrogen) atoms. The van der Waals surface area contributed by atoms with Gasteiger partial charge in [-0.15, -0.1) is 0 Å². The van der Waals surface area contributed by atoms with E-state index in [1.807, 2.05) is 6.92 Å². The lowest BCUT2D eigenvalue weighted by atomic mass is 10.2. The summed E-state index contributed by atoms with van der Waals surface area (Å²) in [5, 5.41) is 0. The molecular weight excluding hydrogens is 423 g/mol. The van der Waals surface area contributed by atoms with Crippen LogP contribution in [-0.2, 0) is 10.0 Å². The molecule has 8 nitrogen and oxygen atoms in total. The van der Waals surface area contributed by atoms with Gasteiger partial charge in [-0.3, -0.25) is 25.2 Å². The molecule has 2 amide bonds. The molecule has 0 saturated carbocycles. The van der Waals surface area contributed by atoms with Crippen LogP contribution in [0.1, 0.15) is 32.1 Å². The Morgan fingerprint density at radius 1 is 0.935 bits per heavy atom. The molecule has 3 aromatic rings. The molecule has 3 N–H and O–H groups in total. The third-order valence-corrected chi connectivity index (χ3v) is 5.08. The molecule has 0 aliphatic heterocycles. The monoisotopic (exact) mass is 444 g/mol. The van der Waals surface area contributed by atoms with Gasteiger partial charge in [0.05, 0.1) is 11.8 Å². The van der Waals surface area contributed by atoms with Crippen LogP contribution in [0.2, 0.25) is 0 Å². The number of carbonyl (C=O) groups is 2. The summed E-state index contributed by atoms with van der Waals surface area (Å²) in [4.78, 5) is 25.0. The van der Waals surface area contributed by atoms with Gasteiger partial charge in [0.1, 0.15) is 5.82 Å². The molecule has 10 heteroatoms. The van der Waals surface area contributed by atoms with Crippen LogP contribution in [0.5, 0.6) is 0 Å². The highest BCUT2D eigenvalue weighted by molar-refractivity contribution is 7.92. The summed E-state index contributed by atoms with van der Waals surface area (Å²) in [6.07, 6.45) is 1.00. The normalized spacial score (nSPS) is 11.1. The summed E-state index contributed by atoms with van der Waals surface area (Å²) in [5.74, 6) is -1.50. The molecule has 1 heterocycles. The fourth-order valence-corrected chi connectivity index (χ4v) is 3.73. The minimum Gasteiger partial charge on any atom is -0.318 e. The molecule has 0 aliphatic rings. The number of rotatable bonds is 5. The SMILES string of the molecule is Cc1cc(C(=O)NNC(=O)c2cccc(NS(C)(=O)=O)c2)c(C)n1-c1ccc(F)cc1. The first-order valence-electron chi connectivity index (χ1n) is 9.18. The molecule has 0 atom stereocenters. The molecule has 0 saturated heterocycles. The molecule has 162 valence electrons. The number of carbonyl (C=O) groups excluding carboxylic acids is 2. The zero-order valence-corrected chi connectivity index (χ0v) is 17.9. The summed E-state index contributed by atoms with van der Waals surface area (Å²) >= 11 is 0. The molecule has 3 rings (SSSR count). The number of halogens is 1. The van der Waals surface area contributed by atoms with Gasteiger partial charge in [0.2, 0.25) is 10.0 Å². The number of nitrogens with zero attached hydrogens (tertiary/aromatic N) is 1. The van der Waals surface area contributed by atoms with Crippen LogP contribution in [0.15, 0.2) is 54.6 Å². The number of amides is 2. The molecule has 0 fully saturated rings. The Balaban J connectivity index is 1.73. The Morgan fingerprint density at radius 3 is 2.23 bits per heavy atom. The Hall–Kier alpha value is -3.66. The van der Waals surface area contributed by atoms with Gasteiger partial charge >= 0.3 is 0 Å². The second-order valence-corrected chi connectivity index (χ2v) is 8.71. The second kappa shape index (κ2) is 8.60. The average molecular weight is 444 g/mol. The van der Waals surface area contributed by atoms with Gasteiger partial charge in [-0.1, -0.05) is 6.07 Å². The van der Waals surface area contributed by atoms with Crippen LogP contribution in [0.25, 0.3) is 5.69 Å². The smallest absolute Gasteiger partial charge is 0.271 e. The molecule has 2 aromatic carbocycles. The topological polar surface area (TPSA) is 109 Å².